The van der Waals surface area contributed by atoms with Crippen molar-refractivity contribution >= 4 is 33.6 Å². The van der Waals surface area contributed by atoms with Gasteiger partial charge in [-0.25, -0.2) is 4.79 Å². The lowest BCUT2D eigenvalue weighted by molar-refractivity contribution is -0.116. The number of anilines is 1. The summed E-state index contributed by atoms with van der Waals surface area (Å²) < 4.78 is 6.03. The first kappa shape index (κ1) is 22.4. The third-order valence-corrected chi connectivity index (χ3v) is 3.71. The number of amides is 2. The van der Waals surface area contributed by atoms with Gasteiger partial charge in [0, 0.05) is 36.7 Å². The van der Waals surface area contributed by atoms with Crippen LogP contribution in [0.2, 0.25) is 0 Å². The van der Waals surface area contributed by atoms with E-state index in [0.717, 1.165) is 17.4 Å². The number of aromatic nitrogens is 1. The largest absolute Gasteiger partial charge is 0.444 e. The average molecular weight is 429 g/mol. The molecule has 2 amide bonds. The predicted molar refractivity (Wildman–Crippen MR) is 106 cm³/mol. The minimum Gasteiger partial charge on any atom is -0.444 e. The van der Waals surface area contributed by atoms with Gasteiger partial charge in [0.2, 0.25) is 5.91 Å². The van der Waals surface area contributed by atoms with Crippen molar-refractivity contribution in [2.45, 2.75) is 46.1 Å². The van der Waals surface area contributed by atoms with Gasteiger partial charge in [-0.3, -0.25) is 9.78 Å². The summed E-state index contributed by atoms with van der Waals surface area (Å²) in [6, 6.07) is 1.81. The first-order valence-corrected chi connectivity index (χ1v) is 9.58. The first-order chi connectivity index (χ1) is 12.2. The number of carbonyl (C=O) groups is 2. The Hall–Kier alpha value is -1.67. The molecule has 1 heterocycles. The van der Waals surface area contributed by atoms with E-state index in [9.17, 15) is 9.59 Å². The molecule has 0 aromatic carbocycles. The van der Waals surface area contributed by atoms with Crippen molar-refractivity contribution in [2.75, 3.05) is 31.5 Å². The summed E-state index contributed by atoms with van der Waals surface area (Å²) >= 11 is 3.33. The van der Waals surface area contributed by atoms with E-state index in [-0.39, 0.29) is 5.91 Å². The predicted octanol–water partition coefficient (Wildman–Crippen LogP) is 3.41. The number of rotatable bonds is 9. The van der Waals surface area contributed by atoms with Crippen LogP contribution < -0.4 is 10.6 Å². The van der Waals surface area contributed by atoms with Gasteiger partial charge in [-0.2, -0.15) is 0 Å². The zero-order chi connectivity index (χ0) is 19.6. The summed E-state index contributed by atoms with van der Waals surface area (Å²) in [6.45, 7) is 10.2. The molecule has 1 aromatic heterocycles. The highest BCUT2D eigenvalue weighted by Gasteiger charge is 2.16. The van der Waals surface area contributed by atoms with Crippen molar-refractivity contribution in [1.29, 1.82) is 0 Å². The maximum atomic E-state index is 12.1. The Morgan fingerprint density at radius 2 is 1.96 bits per heavy atom. The molecule has 0 radical (unpaired) electrons. The van der Waals surface area contributed by atoms with Gasteiger partial charge in [-0.05, 0) is 55.7 Å². The molecular formula is C18H29BrN4O3. The van der Waals surface area contributed by atoms with Crippen molar-refractivity contribution in [3.63, 3.8) is 0 Å². The summed E-state index contributed by atoms with van der Waals surface area (Å²) in [6.07, 6.45) is 4.20. The molecule has 146 valence electrons. The van der Waals surface area contributed by atoms with E-state index in [4.69, 9.17) is 4.74 Å². The third kappa shape index (κ3) is 10.4. The molecule has 1 rings (SSSR count). The Morgan fingerprint density at radius 1 is 1.23 bits per heavy atom. The zero-order valence-electron chi connectivity index (χ0n) is 16.0. The number of halogens is 1. The summed E-state index contributed by atoms with van der Waals surface area (Å²) in [5, 5.41) is 5.58. The van der Waals surface area contributed by atoms with Crippen molar-refractivity contribution in [3.05, 3.63) is 22.9 Å². The zero-order valence-corrected chi connectivity index (χ0v) is 17.6. The minimum absolute atomic E-state index is 0.0638. The van der Waals surface area contributed by atoms with Crippen LogP contribution in [0.3, 0.4) is 0 Å². The number of pyridine rings is 1. The van der Waals surface area contributed by atoms with Crippen LogP contribution in [-0.2, 0) is 9.53 Å². The summed E-state index contributed by atoms with van der Waals surface area (Å²) in [4.78, 5) is 29.9. The van der Waals surface area contributed by atoms with Crippen LogP contribution in [-0.4, -0.2) is 53.7 Å². The molecule has 1 aromatic rings. The molecule has 0 aliphatic carbocycles. The highest BCUT2D eigenvalue weighted by Crippen LogP contribution is 2.13. The quantitative estimate of drug-likeness (QED) is 0.629. The molecule has 0 saturated carbocycles. The highest BCUT2D eigenvalue weighted by molar-refractivity contribution is 9.10. The van der Waals surface area contributed by atoms with E-state index < -0.39 is 11.7 Å². The average Bonchev–Trinajstić information content (AvgIpc) is 2.51. The van der Waals surface area contributed by atoms with Gasteiger partial charge in [0.05, 0.1) is 11.9 Å². The lowest BCUT2D eigenvalue weighted by Gasteiger charge is -2.23. The number of alkyl carbamates (subject to hydrolysis) is 1. The highest BCUT2D eigenvalue weighted by atomic mass is 79.9. The molecule has 0 aliphatic heterocycles. The van der Waals surface area contributed by atoms with E-state index in [1.807, 2.05) is 20.8 Å². The molecule has 0 bridgehead atoms. The van der Waals surface area contributed by atoms with E-state index >= 15 is 0 Å². The van der Waals surface area contributed by atoms with Gasteiger partial charge in [-0.15, -0.1) is 0 Å². The number of nitrogens with one attached hydrogen (secondary N) is 2. The molecule has 0 unspecified atom stereocenters. The monoisotopic (exact) mass is 428 g/mol. The van der Waals surface area contributed by atoms with Crippen LogP contribution in [0.15, 0.2) is 22.9 Å². The SMILES string of the molecule is CCCN(CCNC(=O)OC(C)(C)C)CCC(=O)Nc1cncc(Br)c1. The fourth-order valence-electron chi connectivity index (χ4n) is 2.25. The summed E-state index contributed by atoms with van der Waals surface area (Å²) in [5.41, 5.74) is 0.157. The second kappa shape index (κ2) is 11.1. The maximum absolute atomic E-state index is 12.1. The molecular weight excluding hydrogens is 400 g/mol. The van der Waals surface area contributed by atoms with E-state index in [2.05, 4.69) is 43.4 Å². The van der Waals surface area contributed by atoms with Crippen molar-refractivity contribution in [2.24, 2.45) is 0 Å². The van der Waals surface area contributed by atoms with Crippen LogP contribution in [0.25, 0.3) is 0 Å². The van der Waals surface area contributed by atoms with Gasteiger partial charge in [0.15, 0.2) is 0 Å². The maximum Gasteiger partial charge on any atom is 0.407 e. The molecule has 7 nitrogen and oxygen atoms in total. The van der Waals surface area contributed by atoms with Crippen molar-refractivity contribution < 1.29 is 14.3 Å². The van der Waals surface area contributed by atoms with Crippen LogP contribution in [0.5, 0.6) is 0 Å². The smallest absolute Gasteiger partial charge is 0.407 e. The van der Waals surface area contributed by atoms with Gasteiger partial charge in [-0.1, -0.05) is 6.92 Å². The number of nitrogens with zero attached hydrogens (tertiary/aromatic N) is 2. The fraction of sp³-hybridized carbons (Fsp3) is 0.611. The van der Waals surface area contributed by atoms with Crippen LogP contribution >= 0.6 is 15.9 Å². The standard InChI is InChI=1S/C18H29BrN4O3/c1-5-8-23(10-7-21-17(25)26-18(2,3)4)9-6-16(24)22-15-11-14(19)12-20-13-15/h11-13H,5-10H2,1-4H3,(H,21,25)(H,22,24). The minimum atomic E-state index is -0.507. The number of carbonyl (C=O) groups excluding carboxylic acids is 2. The number of hydrogen-bond donors (Lipinski definition) is 2. The van der Waals surface area contributed by atoms with Gasteiger partial charge >= 0.3 is 6.09 Å². The van der Waals surface area contributed by atoms with Crippen molar-refractivity contribution in [1.82, 2.24) is 15.2 Å². The fourth-order valence-corrected chi connectivity index (χ4v) is 2.61. The summed E-state index contributed by atoms with van der Waals surface area (Å²) in [7, 11) is 0. The Bertz CT molecular complexity index is 590. The normalized spacial score (nSPS) is 11.3. The molecule has 0 atom stereocenters. The molecule has 26 heavy (non-hydrogen) atoms. The Morgan fingerprint density at radius 3 is 2.58 bits per heavy atom. The van der Waals surface area contributed by atoms with E-state index in [0.29, 0.717) is 31.7 Å². The molecule has 2 N–H and O–H groups in total. The topological polar surface area (TPSA) is 83.6 Å². The van der Waals surface area contributed by atoms with E-state index in [1.165, 1.54) is 0 Å². The van der Waals surface area contributed by atoms with Crippen LogP contribution in [0.4, 0.5) is 10.5 Å². The molecule has 0 fully saturated rings. The Kier molecular flexibility index (Phi) is 9.58. The third-order valence-electron chi connectivity index (χ3n) is 3.28. The number of hydrogen-bond acceptors (Lipinski definition) is 5. The molecule has 0 spiro atoms. The van der Waals surface area contributed by atoms with Crippen LogP contribution in [0.1, 0.15) is 40.5 Å². The van der Waals surface area contributed by atoms with Gasteiger partial charge in [0.1, 0.15) is 5.60 Å². The second-order valence-electron chi connectivity index (χ2n) is 6.96. The lowest BCUT2D eigenvalue weighted by atomic mass is 10.2. The lowest BCUT2D eigenvalue weighted by Crippen LogP contribution is -2.39. The molecule has 8 heteroatoms. The Labute approximate surface area is 164 Å². The van der Waals surface area contributed by atoms with E-state index in [1.54, 1.807) is 18.5 Å². The van der Waals surface area contributed by atoms with Crippen LogP contribution in [0, 0.1) is 0 Å². The number of ether oxygens (including phenoxy) is 1. The first-order valence-electron chi connectivity index (χ1n) is 8.79. The molecule has 0 aliphatic rings. The van der Waals surface area contributed by atoms with Crippen molar-refractivity contribution in [3.8, 4) is 0 Å². The van der Waals surface area contributed by atoms with Gasteiger partial charge < -0.3 is 20.3 Å². The Balaban J connectivity index is 2.35. The summed E-state index contributed by atoms with van der Waals surface area (Å²) in [5.74, 6) is -0.0638. The molecule has 0 saturated heterocycles. The second-order valence-corrected chi connectivity index (χ2v) is 7.88. The van der Waals surface area contributed by atoms with Gasteiger partial charge in [0.25, 0.3) is 0 Å².